The van der Waals surface area contributed by atoms with Gasteiger partial charge in [0.15, 0.2) is 0 Å². The van der Waals surface area contributed by atoms with Crippen molar-refractivity contribution in [1.82, 2.24) is 15.3 Å². The first kappa shape index (κ1) is 22.2. The zero-order valence-electron chi connectivity index (χ0n) is 19.0. The number of hydrogen-bond donors (Lipinski definition) is 2. The molecule has 174 valence electrons. The molecule has 0 radical (unpaired) electrons. The molecule has 0 saturated heterocycles. The molecule has 1 aliphatic heterocycles. The molecular formula is C27H22FN5O2. The second kappa shape index (κ2) is 9.34. The highest BCUT2D eigenvalue weighted by Crippen LogP contribution is 2.35. The first-order valence-corrected chi connectivity index (χ1v) is 11.1. The Morgan fingerprint density at radius 3 is 2.54 bits per heavy atom. The van der Waals surface area contributed by atoms with Crippen LogP contribution in [0.15, 0.2) is 79.0 Å². The van der Waals surface area contributed by atoms with E-state index in [2.05, 4.69) is 15.6 Å². The smallest absolute Gasteiger partial charge is 0.251 e. The zero-order chi connectivity index (χ0) is 24.4. The zero-order valence-corrected chi connectivity index (χ0v) is 19.0. The third-order valence-corrected chi connectivity index (χ3v) is 5.87. The fourth-order valence-electron chi connectivity index (χ4n) is 3.93. The summed E-state index contributed by atoms with van der Waals surface area (Å²) in [4.78, 5) is 35.7. The normalized spacial score (nSPS) is 12.4. The van der Waals surface area contributed by atoms with Crippen LogP contribution in [-0.2, 0) is 17.8 Å². The van der Waals surface area contributed by atoms with Crippen molar-refractivity contribution in [2.75, 3.05) is 17.3 Å². The third kappa shape index (κ3) is 4.72. The van der Waals surface area contributed by atoms with E-state index >= 15 is 0 Å². The monoisotopic (exact) mass is 467 g/mol. The molecule has 2 heterocycles. The average Bonchev–Trinajstić information content (AvgIpc) is 2.98. The molecule has 0 spiro atoms. The Balaban J connectivity index is 1.31. The molecule has 8 heteroatoms. The minimum Gasteiger partial charge on any atom is -0.348 e. The Morgan fingerprint density at radius 2 is 1.77 bits per heavy atom. The van der Waals surface area contributed by atoms with Crippen molar-refractivity contribution in [1.29, 1.82) is 0 Å². The lowest BCUT2D eigenvalue weighted by atomic mass is 10.1. The van der Waals surface area contributed by atoms with Crippen LogP contribution in [0.2, 0.25) is 0 Å². The predicted molar refractivity (Wildman–Crippen MR) is 132 cm³/mol. The van der Waals surface area contributed by atoms with Gasteiger partial charge < -0.3 is 15.5 Å². The van der Waals surface area contributed by atoms with Crippen molar-refractivity contribution in [2.24, 2.45) is 0 Å². The van der Waals surface area contributed by atoms with Crippen molar-refractivity contribution in [2.45, 2.75) is 13.0 Å². The van der Waals surface area contributed by atoms with Gasteiger partial charge in [-0.3, -0.25) is 9.59 Å². The minimum absolute atomic E-state index is 0.0196. The van der Waals surface area contributed by atoms with E-state index in [1.807, 2.05) is 24.3 Å². The second-order valence-electron chi connectivity index (χ2n) is 8.23. The molecule has 5 rings (SSSR count). The maximum absolute atomic E-state index is 13.0. The molecule has 1 aromatic heterocycles. The Hall–Kier alpha value is -4.59. The predicted octanol–water partition coefficient (Wildman–Crippen LogP) is 4.48. The SMILES string of the molecule is CN1C(=O)Cc2cnc(Nc3ccc(C(=O)NCc4ccc(F)cc4)cc3)nc2-c2ccccc21. The number of carbonyl (C=O) groups is 2. The molecule has 7 nitrogen and oxygen atoms in total. The summed E-state index contributed by atoms with van der Waals surface area (Å²) < 4.78 is 13.0. The molecule has 1 aliphatic rings. The van der Waals surface area contributed by atoms with Gasteiger partial charge in [-0.25, -0.2) is 14.4 Å². The molecule has 4 aromatic rings. The Labute approximate surface area is 201 Å². The number of rotatable bonds is 5. The summed E-state index contributed by atoms with van der Waals surface area (Å²) in [6, 6.07) is 20.6. The lowest BCUT2D eigenvalue weighted by Crippen LogP contribution is -2.26. The van der Waals surface area contributed by atoms with Crippen LogP contribution in [-0.4, -0.2) is 28.8 Å². The molecule has 2 N–H and O–H groups in total. The second-order valence-corrected chi connectivity index (χ2v) is 8.23. The number of likely N-dealkylation sites (N-methyl/N-ethyl adjacent to an activating group) is 1. The van der Waals surface area contributed by atoms with Gasteiger partial charge in [0, 0.05) is 42.2 Å². The van der Waals surface area contributed by atoms with Gasteiger partial charge in [-0.1, -0.05) is 30.3 Å². The molecule has 2 amide bonds. The van der Waals surface area contributed by atoms with Crippen LogP contribution >= 0.6 is 0 Å². The summed E-state index contributed by atoms with van der Waals surface area (Å²) in [5.74, 6) is -0.169. The van der Waals surface area contributed by atoms with Crippen LogP contribution in [0.5, 0.6) is 0 Å². The van der Waals surface area contributed by atoms with E-state index in [1.54, 1.807) is 54.5 Å². The maximum Gasteiger partial charge on any atom is 0.251 e. The van der Waals surface area contributed by atoms with E-state index in [0.29, 0.717) is 23.8 Å². The first-order valence-electron chi connectivity index (χ1n) is 11.1. The number of nitrogens with zero attached hydrogens (tertiary/aromatic N) is 3. The molecule has 0 aliphatic carbocycles. The van der Waals surface area contributed by atoms with Gasteiger partial charge in [0.1, 0.15) is 5.82 Å². The molecular weight excluding hydrogens is 445 g/mol. The number of hydrogen-bond acceptors (Lipinski definition) is 5. The molecule has 35 heavy (non-hydrogen) atoms. The Kier molecular flexibility index (Phi) is 5.93. The Bertz CT molecular complexity index is 1400. The van der Waals surface area contributed by atoms with Crippen LogP contribution < -0.4 is 15.5 Å². The molecule has 0 atom stereocenters. The van der Waals surface area contributed by atoms with E-state index in [1.165, 1.54) is 12.1 Å². The van der Waals surface area contributed by atoms with Crippen molar-refractivity contribution in [3.05, 3.63) is 102 Å². The highest BCUT2D eigenvalue weighted by atomic mass is 19.1. The summed E-state index contributed by atoms with van der Waals surface area (Å²) in [6.45, 7) is 0.307. The van der Waals surface area contributed by atoms with Crippen LogP contribution in [0.4, 0.5) is 21.7 Å². The molecule has 3 aromatic carbocycles. The number of benzene rings is 3. The highest BCUT2D eigenvalue weighted by molar-refractivity contribution is 6.01. The molecule has 0 unspecified atom stereocenters. The van der Waals surface area contributed by atoms with E-state index in [-0.39, 0.29) is 24.1 Å². The lowest BCUT2D eigenvalue weighted by Gasteiger charge is -2.16. The van der Waals surface area contributed by atoms with Crippen molar-refractivity contribution >= 4 is 29.1 Å². The van der Waals surface area contributed by atoms with E-state index in [9.17, 15) is 14.0 Å². The first-order chi connectivity index (χ1) is 17.0. The minimum atomic E-state index is -0.313. The molecule has 0 saturated carbocycles. The number of fused-ring (bicyclic) bond motifs is 3. The fourth-order valence-corrected chi connectivity index (χ4v) is 3.93. The summed E-state index contributed by atoms with van der Waals surface area (Å²) in [5.41, 5.74) is 5.18. The van der Waals surface area contributed by atoms with E-state index < -0.39 is 0 Å². The Morgan fingerprint density at radius 1 is 1.03 bits per heavy atom. The topological polar surface area (TPSA) is 87.2 Å². The van der Waals surface area contributed by atoms with Crippen LogP contribution in [0, 0.1) is 5.82 Å². The summed E-state index contributed by atoms with van der Waals surface area (Å²) in [7, 11) is 1.76. The average molecular weight is 468 g/mol. The standard InChI is InChI=1S/C27H22FN5O2/c1-33-23-5-3-2-4-22(23)25-19(14-24(33)34)16-30-27(32-25)31-21-12-8-18(9-13-21)26(35)29-15-17-6-10-20(28)11-7-17/h2-13,16H,14-15H2,1H3,(H,29,35)(H,30,31,32). The van der Waals surface area contributed by atoms with Gasteiger partial charge in [-0.2, -0.15) is 0 Å². The van der Waals surface area contributed by atoms with Crippen molar-refractivity contribution < 1.29 is 14.0 Å². The number of aromatic nitrogens is 2. The number of nitrogens with one attached hydrogen (secondary N) is 2. The van der Waals surface area contributed by atoms with Gasteiger partial charge in [0.25, 0.3) is 5.91 Å². The van der Waals surface area contributed by atoms with Gasteiger partial charge in [0.2, 0.25) is 11.9 Å². The van der Waals surface area contributed by atoms with Crippen LogP contribution in [0.3, 0.4) is 0 Å². The number of amides is 2. The van der Waals surface area contributed by atoms with Gasteiger partial charge in [0.05, 0.1) is 17.8 Å². The van der Waals surface area contributed by atoms with Gasteiger partial charge in [-0.15, -0.1) is 0 Å². The summed E-state index contributed by atoms with van der Waals surface area (Å²) in [6.07, 6.45) is 1.90. The summed E-state index contributed by atoms with van der Waals surface area (Å²) in [5, 5.41) is 5.99. The van der Waals surface area contributed by atoms with Crippen LogP contribution in [0.25, 0.3) is 11.3 Å². The van der Waals surface area contributed by atoms with Crippen molar-refractivity contribution in [3.8, 4) is 11.3 Å². The fraction of sp³-hybridized carbons (Fsp3) is 0.111. The number of anilines is 3. The molecule has 0 bridgehead atoms. The summed E-state index contributed by atoms with van der Waals surface area (Å²) >= 11 is 0. The maximum atomic E-state index is 13.0. The number of halogens is 1. The van der Waals surface area contributed by atoms with E-state index in [0.717, 1.165) is 28.1 Å². The van der Waals surface area contributed by atoms with Gasteiger partial charge in [-0.05, 0) is 48.0 Å². The third-order valence-electron chi connectivity index (χ3n) is 5.87. The van der Waals surface area contributed by atoms with Crippen LogP contribution in [0.1, 0.15) is 21.5 Å². The molecule has 0 fully saturated rings. The van der Waals surface area contributed by atoms with Crippen molar-refractivity contribution in [3.63, 3.8) is 0 Å². The quantitative estimate of drug-likeness (QED) is 0.452. The van der Waals surface area contributed by atoms with Gasteiger partial charge >= 0.3 is 0 Å². The largest absolute Gasteiger partial charge is 0.348 e. The number of para-hydroxylation sites is 1. The highest BCUT2D eigenvalue weighted by Gasteiger charge is 2.24. The van der Waals surface area contributed by atoms with E-state index in [4.69, 9.17) is 4.98 Å². The lowest BCUT2D eigenvalue weighted by molar-refractivity contribution is -0.117. The number of carbonyl (C=O) groups excluding carboxylic acids is 2.